The minimum atomic E-state index is -0.312. The van der Waals surface area contributed by atoms with Gasteiger partial charge in [0.1, 0.15) is 12.4 Å². The topological polar surface area (TPSA) is 53.4 Å². The molecule has 1 aliphatic rings. The molecular formula is C10H14N2O3. The summed E-state index contributed by atoms with van der Waals surface area (Å²) in [6.07, 6.45) is 1.90. The van der Waals surface area contributed by atoms with E-state index in [1.54, 1.807) is 6.92 Å². The molecule has 1 aromatic rings. The number of aromatic nitrogens is 2. The molecule has 0 saturated heterocycles. The van der Waals surface area contributed by atoms with Crippen molar-refractivity contribution < 1.29 is 14.3 Å². The van der Waals surface area contributed by atoms with Gasteiger partial charge in [-0.05, 0) is 6.92 Å². The lowest BCUT2D eigenvalue weighted by Crippen LogP contribution is -2.15. The van der Waals surface area contributed by atoms with Crippen LogP contribution < -0.4 is 0 Å². The molecule has 0 aliphatic carbocycles. The van der Waals surface area contributed by atoms with E-state index in [1.807, 2.05) is 10.8 Å². The number of methoxy groups -OCH3 is 1. The van der Waals surface area contributed by atoms with Crippen molar-refractivity contribution in [3.63, 3.8) is 0 Å². The molecule has 1 unspecified atom stereocenters. The van der Waals surface area contributed by atoms with Crippen LogP contribution in [0, 0.1) is 0 Å². The summed E-state index contributed by atoms with van der Waals surface area (Å²) in [4.78, 5) is 15.7. The van der Waals surface area contributed by atoms with Gasteiger partial charge in [-0.1, -0.05) is 0 Å². The molecule has 0 amide bonds. The zero-order valence-electron chi connectivity index (χ0n) is 8.90. The molecular weight excluding hydrogens is 196 g/mol. The zero-order valence-corrected chi connectivity index (χ0v) is 8.90. The van der Waals surface area contributed by atoms with E-state index < -0.39 is 0 Å². The Hall–Kier alpha value is -1.36. The van der Waals surface area contributed by atoms with Crippen molar-refractivity contribution in [3.8, 4) is 0 Å². The van der Waals surface area contributed by atoms with Crippen LogP contribution in [0.2, 0.25) is 0 Å². The predicted octanol–water partition coefficient (Wildman–Crippen LogP) is 0.690. The molecule has 0 spiro atoms. The second-order valence-electron chi connectivity index (χ2n) is 3.57. The number of hydrogen-bond acceptors (Lipinski definition) is 4. The summed E-state index contributed by atoms with van der Waals surface area (Å²) in [5.41, 5.74) is 0.752. The van der Waals surface area contributed by atoms with Crippen LogP contribution in [-0.2, 0) is 27.4 Å². The molecule has 0 fully saturated rings. The number of carbonyl (C=O) groups excluding carboxylic acids is 1. The summed E-state index contributed by atoms with van der Waals surface area (Å²) < 4.78 is 12.0. The smallest absolute Gasteiger partial charge is 0.314 e. The summed E-state index contributed by atoms with van der Waals surface area (Å²) in [5, 5.41) is 0. The van der Waals surface area contributed by atoms with Crippen LogP contribution in [0.5, 0.6) is 0 Å². The Balaban J connectivity index is 2.22. The molecule has 5 heteroatoms. The van der Waals surface area contributed by atoms with Crippen molar-refractivity contribution in [2.45, 2.75) is 26.0 Å². The van der Waals surface area contributed by atoms with Crippen molar-refractivity contribution in [3.05, 3.63) is 17.7 Å². The molecule has 1 aliphatic heterocycles. The van der Waals surface area contributed by atoms with E-state index in [4.69, 9.17) is 4.74 Å². The third-order valence-corrected chi connectivity index (χ3v) is 2.58. The van der Waals surface area contributed by atoms with Crippen molar-refractivity contribution in [1.82, 2.24) is 9.55 Å². The Bertz CT molecular complexity index is 349. The van der Waals surface area contributed by atoms with Crippen molar-refractivity contribution in [2.24, 2.45) is 0 Å². The Morgan fingerprint density at radius 1 is 1.73 bits per heavy atom. The second kappa shape index (κ2) is 4.02. The van der Waals surface area contributed by atoms with E-state index in [2.05, 4.69) is 9.72 Å². The van der Waals surface area contributed by atoms with Gasteiger partial charge in [-0.3, -0.25) is 4.79 Å². The maximum Gasteiger partial charge on any atom is 0.314 e. The van der Waals surface area contributed by atoms with E-state index in [-0.39, 0.29) is 11.9 Å². The first-order valence-corrected chi connectivity index (χ1v) is 4.94. The monoisotopic (exact) mass is 210 g/mol. The van der Waals surface area contributed by atoms with Crippen LogP contribution in [-0.4, -0.2) is 29.2 Å². The molecule has 0 saturated carbocycles. The van der Waals surface area contributed by atoms with E-state index >= 15 is 0 Å². The van der Waals surface area contributed by atoms with E-state index in [0.717, 1.165) is 18.1 Å². The summed E-state index contributed by atoms with van der Waals surface area (Å²) in [6.45, 7) is 3.82. The number of esters is 1. The SMILES string of the molecule is COC(=O)C(C)c1cn2c(n1)COCC2. The molecule has 0 radical (unpaired) electrons. The lowest BCUT2D eigenvalue weighted by Gasteiger charge is -2.13. The summed E-state index contributed by atoms with van der Waals surface area (Å²) in [5.74, 6) is 0.312. The van der Waals surface area contributed by atoms with Gasteiger partial charge < -0.3 is 14.0 Å². The van der Waals surface area contributed by atoms with Gasteiger partial charge in [-0.15, -0.1) is 0 Å². The quantitative estimate of drug-likeness (QED) is 0.674. The van der Waals surface area contributed by atoms with Crippen LogP contribution in [0.15, 0.2) is 6.20 Å². The highest BCUT2D eigenvalue weighted by Crippen LogP contribution is 2.18. The first-order chi connectivity index (χ1) is 7.22. The number of rotatable bonds is 2. The van der Waals surface area contributed by atoms with Crippen LogP contribution in [0.1, 0.15) is 24.4 Å². The van der Waals surface area contributed by atoms with Gasteiger partial charge in [-0.25, -0.2) is 4.98 Å². The lowest BCUT2D eigenvalue weighted by molar-refractivity contribution is -0.142. The summed E-state index contributed by atoms with van der Waals surface area (Å²) >= 11 is 0. The van der Waals surface area contributed by atoms with Crippen molar-refractivity contribution in [2.75, 3.05) is 13.7 Å². The Kier molecular flexibility index (Phi) is 2.73. The van der Waals surface area contributed by atoms with Crippen molar-refractivity contribution in [1.29, 1.82) is 0 Å². The highest BCUT2D eigenvalue weighted by molar-refractivity contribution is 5.76. The summed E-state index contributed by atoms with van der Waals surface area (Å²) in [6, 6.07) is 0. The lowest BCUT2D eigenvalue weighted by atomic mass is 10.1. The average molecular weight is 210 g/mol. The number of hydrogen-bond donors (Lipinski definition) is 0. The third-order valence-electron chi connectivity index (χ3n) is 2.58. The van der Waals surface area contributed by atoms with Crippen LogP contribution in [0.3, 0.4) is 0 Å². The summed E-state index contributed by atoms with van der Waals surface area (Å²) in [7, 11) is 1.39. The van der Waals surface area contributed by atoms with E-state index in [9.17, 15) is 4.79 Å². The normalized spacial score (nSPS) is 16.9. The Morgan fingerprint density at radius 3 is 3.20 bits per heavy atom. The molecule has 82 valence electrons. The first kappa shape index (κ1) is 10.2. The fraction of sp³-hybridized carbons (Fsp3) is 0.600. The van der Waals surface area contributed by atoms with Gasteiger partial charge in [0, 0.05) is 12.7 Å². The fourth-order valence-electron chi connectivity index (χ4n) is 1.62. The van der Waals surface area contributed by atoms with E-state index in [0.29, 0.717) is 13.2 Å². The maximum atomic E-state index is 11.3. The van der Waals surface area contributed by atoms with Gasteiger partial charge in [-0.2, -0.15) is 0 Å². The molecule has 0 N–H and O–H groups in total. The molecule has 0 bridgehead atoms. The van der Waals surface area contributed by atoms with Gasteiger partial charge in [0.2, 0.25) is 0 Å². The predicted molar refractivity (Wildman–Crippen MR) is 52.3 cm³/mol. The van der Waals surface area contributed by atoms with E-state index in [1.165, 1.54) is 7.11 Å². The highest BCUT2D eigenvalue weighted by Gasteiger charge is 2.21. The van der Waals surface area contributed by atoms with Crippen LogP contribution in [0.4, 0.5) is 0 Å². The number of ether oxygens (including phenoxy) is 2. The highest BCUT2D eigenvalue weighted by atomic mass is 16.5. The minimum absolute atomic E-state index is 0.258. The van der Waals surface area contributed by atoms with Gasteiger partial charge in [0.15, 0.2) is 0 Å². The average Bonchev–Trinajstić information content (AvgIpc) is 2.70. The zero-order chi connectivity index (χ0) is 10.8. The number of imidazole rings is 1. The standard InChI is InChI=1S/C10H14N2O3/c1-7(10(13)14-2)8-5-12-3-4-15-6-9(12)11-8/h5,7H,3-4,6H2,1-2H3. The van der Waals surface area contributed by atoms with Gasteiger partial charge in [0.05, 0.1) is 25.3 Å². The molecule has 2 heterocycles. The molecule has 1 atom stereocenters. The Labute approximate surface area is 88.0 Å². The largest absolute Gasteiger partial charge is 0.469 e. The third kappa shape index (κ3) is 1.87. The van der Waals surface area contributed by atoms with Crippen LogP contribution in [0.25, 0.3) is 0 Å². The van der Waals surface area contributed by atoms with Gasteiger partial charge in [0.25, 0.3) is 0 Å². The second-order valence-corrected chi connectivity index (χ2v) is 3.57. The molecule has 15 heavy (non-hydrogen) atoms. The van der Waals surface area contributed by atoms with Crippen molar-refractivity contribution >= 4 is 5.97 Å². The number of carbonyl (C=O) groups is 1. The van der Waals surface area contributed by atoms with Gasteiger partial charge >= 0.3 is 5.97 Å². The minimum Gasteiger partial charge on any atom is -0.469 e. The molecule has 2 rings (SSSR count). The number of nitrogens with zero attached hydrogens (tertiary/aromatic N) is 2. The molecule has 5 nitrogen and oxygen atoms in total. The number of fused-ring (bicyclic) bond motifs is 1. The maximum absolute atomic E-state index is 11.3. The molecule has 0 aromatic carbocycles. The molecule has 1 aromatic heterocycles. The first-order valence-electron chi connectivity index (χ1n) is 4.94. The Morgan fingerprint density at radius 2 is 2.53 bits per heavy atom. The van der Waals surface area contributed by atoms with Crippen LogP contribution >= 0.6 is 0 Å². The fourth-order valence-corrected chi connectivity index (χ4v) is 1.62.